The Balaban J connectivity index is 2.35. The van der Waals surface area contributed by atoms with Crippen molar-refractivity contribution in [3.8, 4) is 0 Å². The molecule has 0 radical (unpaired) electrons. The molecule has 0 spiro atoms. The summed E-state index contributed by atoms with van der Waals surface area (Å²) < 4.78 is 1.73. The second kappa shape index (κ2) is 4.49. The summed E-state index contributed by atoms with van der Waals surface area (Å²) in [4.78, 5) is 11.0. The van der Waals surface area contributed by atoms with E-state index in [1.54, 1.807) is 10.9 Å². The second-order valence-corrected chi connectivity index (χ2v) is 2.66. The summed E-state index contributed by atoms with van der Waals surface area (Å²) in [6, 6.07) is 1.72. The molecule has 0 fully saturated rings. The van der Waals surface area contributed by atoms with Crippen molar-refractivity contribution in [2.75, 3.05) is 6.54 Å². The number of aryl methyl sites for hydroxylation is 1. The number of rotatable bonds is 3. The minimum absolute atomic E-state index is 0.149. The van der Waals surface area contributed by atoms with Gasteiger partial charge in [-0.15, -0.1) is 0 Å². The largest absolute Gasteiger partial charge is 0.338 e. The van der Waals surface area contributed by atoms with Gasteiger partial charge in [-0.3, -0.25) is 4.68 Å². The number of urea groups is 1. The van der Waals surface area contributed by atoms with Crippen LogP contribution in [0.25, 0.3) is 0 Å². The molecule has 1 aromatic rings. The molecule has 2 amide bonds. The van der Waals surface area contributed by atoms with E-state index in [9.17, 15) is 4.79 Å². The van der Waals surface area contributed by atoms with Gasteiger partial charge in [0.05, 0.1) is 12.2 Å². The van der Waals surface area contributed by atoms with Gasteiger partial charge in [0.2, 0.25) is 0 Å². The van der Waals surface area contributed by atoms with Gasteiger partial charge >= 0.3 is 6.03 Å². The molecule has 0 aliphatic carbocycles. The summed E-state index contributed by atoms with van der Waals surface area (Å²) in [5, 5.41) is 9.35. The fourth-order valence-corrected chi connectivity index (χ4v) is 0.969. The number of hydrogen-bond acceptors (Lipinski definition) is 2. The number of aromatic nitrogens is 2. The van der Waals surface area contributed by atoms with E-state index in [-0.39, 0.29) is 6.03 Å². The van der Waals surface area contributed by atoms with Crippen molar-refractivity contribution < 1.29 is 4.79 Å². The molecule has 5 nitrogen and oxygen atoms in total. The van der Waals surface area contributed by atoms with E-state index in [1.807, 2.05) is 20.0 Å². The van der Waals surface area contributed by atoms with Crippen LogP contribution in [-0.4, -0.2) is 22.4 Å². The molecule has 2 N–H and O–H groups in total. The Morgan fingerprint density at radius 1 is 1.62 bits per heavy atom. The molecule has 0 saturated heterocycles. The molecule has 1 aromatic heterocycles. The van der Waals surface area contributed by atoms with Crippen LogP contribution in [0.1, 0.15) is 12.6 Å². The van der Waals surface area contributed by atoms with Crippen LogP contribution in [0, 0.1) is 0 Å². The summed E-state index contributed by atoms with van der Waals surface area (Å²) >= 11 is 0. The first-order valence-electron chi connectivity index (χ1n) is 4.22. The van der Waals surface area contributed by atoms with Crippen molar-refractivity contribution in [1.29, 1.82) is 0 Å². The van der Waals surface area contributed by atoms with Gasteiger partial charge in [-0.25, -0.2) is 4.79 Å². The van der Waals surface area contributed by atoms with Crippen LogP contribution in [0.2, 0.25) is 0 Å². The predicted molar refractivity (Wildman–Crippen MR) is 49.1 cm³/mol. The third kappa shape index (κ3) is 2.77. The Morgan fingerprint density at radius 3 is 2.92 bits per heavy atom. The lowest BCUT2D eigenvalue weighted by Gasteiger charge is -2.05. The van der Waals surface area contributed by atoms with Crippen LogP contribution in [0.4, 0.5) is 4.79 Å². The molecule has 1 rings (SSSR count). The van der Waals surface area contributed by atoms with E-state index in [4.69, 9.17) is 0 Å². The monoisotopic (exact) mass is 182 g/mol. The molecule has 0 aliphatic rings. The third-order valence-electron chi connectivity index (χ3n) is 1.69. The van der Waals surface area contributed by atoms with Gasteiger partial charge in [0.1, 0.15) is 0 Å². The van der Waals surface area contributed by atoms with Gasteiger partial charge in [-0.1, -0.05) is 0 Å². The van der Waals surface area contributed by atoms with Gasteiger partial charge < -0.3 is 10.6 Å². The molecular formula is C8H14N4O. The predicted octanol–water partition coefficient (Wildman–Crippen LogP) is 0.239. The Bertz CT molecular complexity index is 281. The molecule has 0 aromatic carbocycles. The molecule has 0 aliphatic heterocycles. The standard InChI is InChI=1S/C8H14N4O/c1-3-9-8(13)10-6-7-4-5-11-12(7)2/h4-5H,3,6H2,1-2H3,(H2,9,10,13). The maximum Gasteiger partial charge on any atom is 0.315 e. The molecule has 5 heteroatoms. The van der Waals surface area contributed by atoms with E-state index in [0.29, 0.717) is 13.1 Å². The summed E-state index contributed by atoms with van der Waals surface area (Å²) in [7, 11) is 1.84. The van der Waals surface area contributed by atoms with Crippen molar-refractivity contribution >= 4 is 6.03 Å². The maximum atomic E-state index is 11.0. The fourth-order valence-electron chi connectivity index (χ4n) is 0.969. The Morgan fingerprint density at radius 2 is 2.38 bits per heavy atom. The molecular weight excluding hydrogens is 168 g/mol. The first-order valence-corrected chi connectivity index (χ1v) is 4.22. The van der Waals surface area contributed by atoms with E-state index in [0.717, 1.165) is 5.69 Å². The van der Waals surface area contributed by atoms with Crippen molar-refractivity contribution in [1.82, 2.24) is 20.4 Å². The summed E-state index contributed by atoms with van der Waals surface area (Å²) in [5.74, 6) is 0. The Hall–Kier alpha value is -1.52. The highest BCUT2D eigenvalue weighted by Gasteiger charge is 2.00. The molecule has 72 valence electrons. The zero-order chi connectivity index (χ0) is 9.68. The van der Waals surface area contributed by atoms with Crippen molar-refractivity contribution in [2.45, 2.75) is 13.5 Å². The molecule has 1 heterocycles. The molecule has 0 atom stereocenters. The van der Waals surface area contributed by atoms with Crippen molar-refractivity contribution in [3.63, 3.8) is 0 Å². The normalized spacial score (nSPS) is 9.69. The van der Waals surface area contributed by atoms with Gasteiger partial charge in [-0.2, -0.15) is 5.10 Å². The lowest BCUT2D eigenvalue weighted by molar-refractivity contribution is 0.241. The van der Waals surface area contributed by atoms with Crippen LogP contribution in [0.3, 0.4) is 0 Å². The lowest BCUT2D eigenvalue weighted by atomic mass is 10.4. The quantitative estimate of drug-likeness (QED) is 0.703. The Labute approximate surface area is 77.1 Å². The van der Waals surface area contributed by atoms with E-state index < -0.39 is 0 Å². The zero-order valence-corrected chi connectivity index (χ0v) is 7.87. The van der Waals surface area contributed by atoms with Gasteiger partial charge in [0.25, 0.3) is 0 Å². The zero-order valence-electron chi connectivity index (χ0n) is 7.87. The van der Waals surface area contributed by atoms with Gasteiger partial charge in [0, 0.05) is 19.8 Å². The molecule has 0 saturated carbocycles. The van der Waals surface area contributed by atoms with Gasteiger partial charge in [0.15, 0.2) is 0 Å². The minimum atomic E-state index is -0.149. The van der Waals surface area contributed by atoms with E-state index in [2.05, 4.69) is 15.7 Å². The number of carbonyl (C=O) groups is 1. The average Bonchev–Trinajstić information content (AvgIpc) is 2.48. The average molecular weight is 182 g/mol. The SMILES string of the molecule is CCNC(=O)NCc1ccnn1C. The smallest absolute Gasteiger partial charge is 0.315 e. The third-order valence-corrected chi connectivity index (χ3v) is 1.69. The highest BCUT2D eigenvalue weighted by molar-refractivity contribution is 5.73. The maximum absolute atomic E-state index is 11.0. The molecule has 0 unspecified atom stereocenters. The summed E-state index contributed by atoms with van der Waals surface area (Å²) in [6.45, 7) is 3.02. The number of amides is 2. The van der Waals surface area contributed by atoms with Crippen molar-refractivity contribution in [2.24, 2.45) is 7.05 Å². The first-order chi connectivity index (χ1) is 6.24. The lowest BCUT2D eigenvalue weighted by Crippen LogP contribution is -2.35. The van der Waals surface area contributed by atoms with Crippen LogP contribution in [-0.2, 0) is 13.6 Å². The van der Waals surface area contributed by atoms with Gasteiger partial charge in [-0.05, 0) is 13.0 Å². The highest BCUT2D eigenvalue weighted by Crippen LogP contribution is 1.94. The number of carbonyl (C=O) groups excluding carboxylic acids is 1. The van der Waals surface area contributed by atoms with Crippen LogP contribution < -0.4 is 10.6 Å². The van der Waals surface area contributed by atoms with E-state index >= 15 is 0 Å². The minimum Gasteiger partial charge on any atom is -0.338 e. The Kier molecular flexibility index (Phi) is 3.31. The topological polar surface area (TPSA) is 59.0 Å². The number of hydrogen-bond donors (Lipinski definition) is 2. The second-order valence-electron chi connectivity index (χ2n) is 2.66. The fraction of sp³-hybridized carbons (Fsp3) is 0.500. The van der Waals surface area contributed by atoms with Crippen LogP contribution in [0.5, 0.6) is 0 Å². The van der Waals surface area contributed by atoms with Crippen molar-refractivity contribution in [3.05, 3.63) is 18.0 Å². The number of nitrogens with one attached hydrogen (secondary N) is 2. The molecule has 13 heavy (non-hydrogen) atoms. The number of nitrogens with zero attached hydrogens (tertiary/aromatic N) is 2. The van der Waals surface area contributed by atoms with Crippen LogP contribution >= 0.6 is 0 Å². The summed E-state index contributed by atoms with van der Waals surface area (Å²) in [6.07, 6.45) is 1.70. The van der Waals surface area contributed by atoms with E-state index in [1.165, 1.54) is 0 Å². The highest BCUT2D eigenvalue weighted by atomic mass is 16.2. The summed E-state index contributed by atoms with van der Waals surface area (Å²) in [5.41, 5.74) is 0.978. The molecule has 0 bridgehead atoms. The first kappa shape index (κ1) is 9.57. The van der Waals surface area contributed by atoms with Crippen LogP contribution in [0.15, 0.2) is 12.3 Å².